The highest BCUT2D eigenvalue weighted by atomic mass is 35.5. The molecule has 4 heterocycles. The number of pyridine rings is 1. The molecule has 1 aliphatic rings. The third-order valence-electron chi connectivity index (χ3n) is 5.51. The predicted octanol–water partition coefficient (Wildman–Crippen LogP) is 5.39. The molecule has 9 nitrogen and oxygen atoms in total. The van der Waals surface area contributed by atoms with Crippen molar-refractivity contribution in [3.63, 3.8) is 0 Å². The molecule has 1 unspecified atom stereocenters. The average Bonchev–Trinajstić information content (AvgIpc) is 3.36. The number of alkyl halides is 3. The predicted molar refractivity (Wildman–Crippen MR) is 133 cm³/mol. The Morgan fingerprint density at radius 2 is 1.78 bits per heavy atom. The number of aromatic nitrogens is 4. The lowest BCUT2D eigenvalue weighted by atomic mass is 10.1. The molecule has 1 atom stereocenters. The summed E-state index contributed by atoms with van der Waals surface area (Å²) in [7, 11) is 0. The van der Waals surface area contributed by atoms with E-state index in [0.29, 0.717) is 16.9 Å². The van der Waals surface area contributed by atoms with Gasteiger partial charge >= 0.3 is 6.18 Å². The zero-order chi connectivity index (χ0) is 26.7. The largest absolute Gasteiger partial charge is 0.418 e. The van der Waals surface area contributed by atoms with Crippen molar-refractivity contribution in [2.24, 2.45) is 0 Å². The zero-order valence-electron chi connectivity index (χ0n) is 19.3. The van der Waals surface area contributed by atoms with Crippen molar-refractivity contribution >= 4 is 58.0 Å². The quantitative estimate of drug-likeness (QED) is 0.406. The number of nitrogens with one attached hydrogen (secondary N) is 2. The number of hydrogen-bond donors (Lipinski definition) is 2. The average molecular weight is 574 g/mol. The molecule has 0 aromatic carbocycles. The molecule has 3 aromatic heterocycles. The van der Waals surface area contributed by atoms with Crippen LogP contribution in [0.2, 0.25) is 10.0 Å². The summed E-state index contributed by atoms with van der Waals surface area (Å²) in [6.45, 7) is 3.25. The van der Waals surface area contributed by atoms with Crippen LogP contribution in [0.5, 0.6) is 0 Å². The first-order valence-corrected chi connectivity index (χ1v) is 12.7. The minimum absolute atomic E-state index is 0.0212. The highest BCUT2D eigenvalue weighted by molar-refractivity contribution is 7.13. The summed E-state index contributed by atoms with van der Waals surface area (Å²) < 4.78 is 39.2. The molecular formula is C22H20Cl2F3N7O2S. The lowest BCUT2D eigenvalue weighted by Gasteiger charge is -2.28. The van der Waals surface area contributed by atoms with Crippen LogP contribution in [-0.2, 0) is 6.18 Å². The molecule has 2 N–H and O–H groups in total. The monoisotopic (exact) mass is 573 g/mol. The van der Waals surface area contributed by atoms with E-state index < -0.39 is 34.6 Å². The Labute approximate surface area is 223 Å². The normalized spacial score (nSPS) is 14.8. The molecular weight excluding hydrogens is 554 g/mol. The molecule has 0 spiro atoms. The van der Waals surface area contributed by atoms with Crippen molar-refractivity contribution in [2.75, 3.05) is 23.3 Å². The van der Waals surface area contributed by atoms with Gasteiger partial charge in [0.15, 0.2) is 11.5 Å². The number of carbonyl (C=O) groups excluding carboxylic acids is 2. The van der Waals surface area contributed by atoms with Crippen molar-refractivity contribution in [1.29, 1.82) is 0 Å². The van der Waals surface area contributed by atoms with Gasteiger partial charge in [-0.2, -0.15) is 13.2 Å². The Hall–Kier alpha value is -3.03. The third kappa shape index (κ3) is 6.28. The SMILES string of the molecule is CC(NC(=O)c1ncnc(N2CCCCC2)c1Cl)c1ncc(C(=O)Nc2cc(C(F)(F)F)c(Cl)cn2)s1. The number of anilines is 2. The first kappa shape index (κ1) is 27.0. The fourth-order valence-electron chi connectivity index (χ4n) is 3.67. The summed E-state index contributed by atoms with van der Waals surface area (Å²) in [6, 6.07) is 0.0308. The maximum atomic E-state index is 13.1. The van der Waals surface area contributed by atoms with Gasteiger partial charge in [-0.15, -0.1) is 11.3 Å². The second-order valence-corrected chi connectivity index (χ2v) is 10.0. The summed E-state index contributed by atoms with van der Waals surface area (Å²) in [6.07, 6.45) is 1.80. The van der Waals surface area contributed by atoms with Crippen LogP contribution < -0.4 is 15.5 Å². The Balaban J connectivity index is 1.43. The van der Waals surface area contributed by atoms with Gasteiger partial charge in [0.2, 0.25) is 0 Å². The van der Waals surface area contributed by atoms with Crippen LogP contribution >= 0.6 is 34.5 Å². The van der Waals surface area contributed by atoms with E-state index in [0.717, 1.165) is 49.9 Å². The fraction of sp³-hybridized carbons (Fsp3) is 0.364. The number of hydrogen-bond acceptors (Lipinski definition) is 8. The number of piperidine rings is 1. The fourth-order valence-corrected chi connectivity index (χ4v) is 5.00. The van der Waals surface area contributed by atoms with Crippen LogP contribution in [0.15, 0.2) is 24.8 Å². The number of carbonyl (C=O) groups is 2. The highest BCUT2D eigenvalue weighted by Gasteiger charge is 2.34. The van der Waals surface area contributed by atoms with Crippen molar-refractivity contribution in [1.82, 2.24) is 25.3 Å². The van der Waals surface area contributed by atoms with Crippen molar-refractivity contribution < 1.29 is 22.8 Å². The molecule has 4 rings (SSSR count). The van der Waals surface area contributed by atoms with Gasteiger partial charge in [-0.05, 0) is 32.3 Å². The summed E-state index contributed by atoms with van der Waals surface area (Å²) >= 11 is 13.0. The van der Waals surface area contributed by atoms with E-state index in [1.807, 2.05) is 4.90 Å². The molecule has 15 heteroatoms. The van der Waals surface area contributed by atoms with E-state index in [1.165, 1.54) is 12.5 Å². The lowest BCUT2D eigenvalue weighted by molar-refractivity contribution is -0.137. The topological polar surface area (TPSA) is 113 Å². The van der Waals surface area contributed by atoms with Crippen molar-refractivity contribution in [2.45, 2.75) is 38.4 Å². The second-order valence-electron chi connectivity index (χ2n) is 8.17. The van der Waals surface area contributed by atoms with Gasteiger partial charge in [0.1, 0.15) is 27.1 Å². The maximum absolute atomic E-state index is 13.1. The molecule has 0 bridgehead atoms. The van der Waals surface area contributed by atoms with Crippen LogP contribution in [0.3, 0.4) is 0 Å². The number of halogens is 5. The second kappa shape index (κ2) is 11.2. The summed E-state index contributed by atoms with van der Waals surface area (Å²) in [5.41, 5.74) is -1.10. The van der Waals surface area contributed by atoms with Crippen molar-refractivity contribution in [3.8, 4) is 0 Å². The molecule has 1 saturated heterocycles. The smallest absolute Gasteiger partial charge is 0.355 e. The van der Waals surface area contributed by atoms with E-state index in [9.17, 15) is 22.8 Å². The molecule has 196 valence electrons. The van der Waals surface area contributed by atoms with Crippen LogP contribution in [0, 0.1) is 0 Å². The Morgan fingerprint density at radius 1 is 1.05 bits per heavy atom. The molecule has 3 aromatic rings. The molecule has 0 radical (unpaired) electrons. The summed E-state index contributed by atoms with van der Waals surface area (Å²) in [5.74, 6) is -1.06. The van der Waals surface area contributed by atoms with E-state index in [2.05, 4.69) is 30.6 Å². The summed E-state index contributed by atoms with van der Waals surface area (Å²) in [5, 5.41) is 5.01. The van der Waals surface area contributed by atoms with Gasteiger partial charge in [0.25, 0.3) is 11.8 Å². The number of amides is 2. The Bertz CT molecular complexity index is 1320. The van der Waals surface area contributed by atoms with Crippen molar-refractivity contribution in [3.05, 3.63) is 56.0 Å². The first-order valence-electron chi connectivity index (χ1n) is 11.1. The Kier molecular flexibility index (Phi) is 8.14. The highest BCUT2D eigenvalue weighted by Crippen LogP contribution is 2.35. The molecule has 2 amide bonds. The molecule has 1 fully saturated rings. The number of nitrogens with zero attached hydrogens (tertiary/aromatic N) is 5. The van der Waals surface area contributed by atoms with Crippen LogP contribution in [0.25, 0.3) is 0 Å². The van der Waals surface area contributed by atoms with Gasteiger partial charge in [-0.1, -0.05) is 23.2 Å². The van der Waals surface area contributed by atoms with E-state index >= 15 is 0 Å². The van der Waals surface area contributed by atoms with Gasteiger partial charge in [0.05, 0.1) is 22.8 Å². The van der Waals surface area contributed by atoms with Gasteiger partial charge in [0, 0.05) is 19.3 Å². The van der Waals surface area contributed by atoms with Crippen LogP contribution in [-0.4, -0.2) is 44.8 Å². The molecule has 0 saturated carbocycles. The molecule has 0 aliphatic carbocycles. The Morgan fingerprint density at radius 3 is 2.49 bits per heavy atom. The zero-order valence-corrected chi connectivity index (χ0v) is 21.6. The van der Waals surface area contributed by atoms with E-state index in [-0.39, 0.29) is 21.4 Å². The maximum Gasteiger partial charge on any atom is 0.418 e. The van der Waals surface area contributed by atoms with E-state index in [1.54, 1.807) is 6.92 Å². The molecule has 37 heavy (non-hydrogen) atoms. The third-order valence-corrected chi connectivity index (χ3v) is 7.34. The van der Waals surface area contributed by atoms with Gasteiger partial charge < -0.3 is 15.5 Å². The lowest BCUT2D eigenvalue weighted by Crippen LogP contribution is -2.32. The minimum atomic E-state index is -4.70. The van der Waals surface area contributed by atoms with Crippen LogP contribution in [0.4, 0.5) is 24.8 Å². The van der Waals surface area contributed by atoms with Gasteiger partial charge in [-0.25, -0.2) is 19.9 Å². The number of thiazole rings is 1. The van der Waals surface area contributed by atoms with E-state index in [4.69, 9.17) is 23.2 Å². The molecule has 1 aliphatic heterocycles. The number of rotatable bonds is 6. The minimum Gasteiger partial charge on any atom is -0.355 e. The first-order chi connectivity index (χ1) is 17.5. The standard InChI is InChI=1S/C22H20Cl2F3N7O2S/c1-11(32-20(36)17-16(24)18(31-10-30-17)34-5-3-2-4-6-34)21-29-9-14(37-21)19(35)33-15-7-12(22(25,26)27)13(23)8-28-15/h7-11H,2-6H2,1H3,(H,32,36)(H,28,33,35). The van der Waals surface area contributed by atoms with Crippen LogP contribution in [0.1, 0.15) is 63.0 Å². The summed E-state index contributed by atoms with van der Waals surface area (Å²) in [4.78, 5) is 43.7. The van der Waals surface area contributed by atoms with Gasteiger partial charge in [-0.3, -0.25) is 9.59 Å².